The van der Waals surface area contributed by atoms with Gasteiger partial charge in [-0.1, -0.05) is 170 Å². The summed E-state index contributed by atoms with van der Waals surface area (Å²) in [5, 5.41) is 0. The second kappa shape index (κ2) is 35.3. The molecule has 0 radical (unpaired) electrons. The van der Waals surface area contributed by atoms with E-state index in [1.54, 1.807) is 0 Å². The van der Waals surface area contributed by atoms with E-state index in [-0.39, 0.29) is 43.2 Å². The third-order valence-electron chi connectivity index (χ3n) is 14.5. The molecular weight excluding hydrogens is 847 g/mol. The van der Waals surface area contributed by atoms with E-state index in [9.17, 15) is 14.4 Å². The fourth-order valence-electron chi connectivity index (χ4n) is 11.3. The number of carbonyl (C=O) groups is 3. The van der Waals surface area contributed by atoms with Crippen LogP contribution in [0.2, 0.25) is 0 Å². The van der Waals surface area contributed by atoms with E-state index in [2.05, 4.69) is 27.7 Å². The molecule has 0 saturated heterocycles. The highest BCUT2D eigenvalue weighted by Gasteiger charge is 2.68. The average Bonchev–Trinajstić information content (AvgIpc) is 3.28. The second-order valence-electron chi connectivity index (χ2n) is 20.9. The van der Waals surface area contributed by atoms with E-state index in [1.807, 2.05) is 18.7 Å². The Morgan fingerprint density at radius 3 is 1.00 bits per heavy atom. The number of likely N-dealkylation sites (N-methyl/N-ethyl adjacent to an activating group) is 1. The summed E-state index contributed by atoms with van der Waals surface area (Å²) in [7, 11) is 0. The quantitative estimate of drug-likeness (QED) is 0.0251. The minimum atomic E-state index is -0.899. The summed E-state index contributed by atoms with van der Waals surface area (Å²) in [6.45, 7) is 17.1. The molecular formula is C56H103NO10. The Hall–Kier alpha value is -1.79. The van der Waals surface area contributed by atoms with Crippen molar-refractivity contribution >= 4 is 17.9 Å². The van der Waals surface area contributed by atoms with Gasteiger partial charge in [-0.15, -0.1) is 0 Å². The zero-order chi connectivity index (χ0) is 48.5. The molecule has 2 atom stereocenters. The number of hydrogen-bond donors (Lipinski definition) is 0. The number of ether oxygens (including phenoxy) is 7. The van der Waals surface area contributed by atoms with Crippen LogP contribution >= 0.6 is 0 Å². The molecule has 4 fully saturated rings. The van der Waals surface area contributed by atoms with Crippen LogP contribution in [0, 0.1) is 5.92 Å². The van der Waals surface area contributed by atoms with Gasteiger partial charge in [-0.05, 0) is 64.0 Å². The number of hydrogen-bond acceptors (Lipinski definition) is 11. The highest BCUT2D eigenvalue weighted by atomic mass is 16.7. The van der Waals surface area contributed by atoms with Crippen LogP contribution < -0.4 is 0 Å². The van der Waals surface area contributed by atoms with Gasteiger partial charge in [0, 0.05) is 58.5 Å². The molecule has 0 aromatic carbocycles. The largest absolute Gasteiger partial charge is 0.459 e. The van der Waals surface area contributed by atoms with E-state index in [1.165, 1.54) is 103 Å². The highest BCUT2D eigenvalue weighted by molar-refractivity contribution is 5.73. The van der Waals surface area contributed by atoms with Crippen LogP contribution in [-0.2, 0) is 47.5 Å². The van der Waals surface area contributed by atoms with Crippen LogP contribution in [0.1, 0.15) is 260 Å². The minimum absolute atomic E-state index is 0.0845. The average molecular weight is 950 g/mol. The molecule has 4 rings (SSSR count). The van der Waals surface area contributed by atoms with Crippen molar-refractivity contribution in [2.24, 2.45) is 5.92 Å². The first kappa shape index (κ1) is 59.5. The highest BCUT2D eigenvalue weighted by Crippen LogP contribution is 2.63. The minimum Gasteiger partial charge on any atom is -0.459 e. The van der Waals surface area contributed by atoms with E-state index in [0.29, 0.717) is 77.8 Å². The molecule has 0 aromatic heterocycles. The standard InChI is InChI=1S/C56H103NO10/c1-7-13-17-21-25-29-37-61-52(62-38-30-26-22-18-14-8-2)35-33-49(58)65-54-41-48-42-55(45-54,47-56(43-48,46-54)67-51(60)44-57(11-5)12-6)66-50(59)34-36-53(63-39-31-27-23-19-15-9-3)64-40-32-28-24-20-16-10-4/h48,52-53H,7-47H2,1-6H3. The smallest absolute Gasteiger partial charge is 0.320 e. The molecule has 11 heteroatoms. The van der Waals surface area contributed by atoms with Crippen molar-refractivity contribution in [3.8, 4) is 0 Å². The second-order valence-corrected chi connectivity index (χ2v) is 20.9. The first-order valence-corrected chi connectivity index (χ1v) is 28.4. The maximum absolute atomic E-state index is 14.0. The van der Waals surface area contributed by atoms with Crippen molar-refractivity contribution in [3.05, 3.63) is 0 Å². The van der Waals surface area contributed by atoms with Crippen molar-refractivity contribution < 1.29 is 47.5 Å². The molecule has 4 saturated carbocycles. The fraction of sp³-hybridized carbons (Fsp3) is 0.946. The first-order valence-electron chi connectivity index (χ1n) is 28.4. The molecule has 4 aliphatic carbocycles. The Bertz CT molecular complexity index is 1180. The molecule has 11 nitrogen and oxygen atoms in total. The van der Waals surface area contributed by atoms with Gasteiger partial charge in [0.05, 0.1) is 19.4 Å². The molecule has 0 heterocycles. The molecule has 0 N–H and O–H groups in total. The van der Waals surface area contributed by atoms with E-state index < -0.39 is 29.4 Å². The summed E-state index contributed by atoms with van der Waals surface area (Å²) < 4.78 is 44.7. The maximum Gasteiger partial charge on any atom is 0.320 e. The lowest BCUT2D eigenvalue weighted by Gasteiger charge is -2.63. The molecule has 67 heavy (non-hydrogen) atoms. The predicted octanol–water partition coefficient (Wildman–Crippen LogP) is 13.9. The Labute approximate surface area is 410 Å². The summed E-state index contributed by atoms with van der Waals surface area (Å²) in [4.78, 5) is 43.7. The molecule has 4 aliphatic rings. The summed E-state index contributed by atoms with van der Waals surface area (Å²) in [6, 6.07) is 0. The van der Waals surface area contributed by atoms with E-state index in [4.69, 9.17) is 33.2 Å². The van der Waals surface area contributed by atoms with Gasteiger partial charge in [-0.2, -0.15) is 0 Å². The van der Waals surface area contributed by atoms with E-state index >= 15 is 0 Å². The SMILES string of the molecule is CCCCCCCCOC(CCC(=O)OC12CC3CC(OC(=O)CCC(OCCCCCCCC)OCCCCCCCC)(C1)CC(OC(=O)CN(CC)CC)(C3)C2)OCCCCCCCC. The van der Waals surface area contributed by atoms with Crippen molar-refractivity contribution in [1.29, 1.82) is 0 Å². The van der Waals surface area contributed by atoms with Gasteiger partial charge in [-0.3, -0.25) is 19.3 Å². The fourth-order valence-corrected chi connectivity index (χ4v) is 11.3. The maximum atomic E-state index is 14.0. The summed E-state index contributed by atoms with van der Waals surface area (Å²) in [5.41, 5.74) is -2.68. The molecule has 392 valence electrons. The molecule has 0 aliphatic heterocycles. The van der Waals surface area contributed by atoms with E-state index in [0.717, 1.165) is 64.5 Å². The van der Waals surface area contributed by atoms with Crippen LogP contribution in [0.4, 0.5) is 0 Å². The Balaban J connectivity index is 1.69. The van der Waals surface area contributed by atoms with Gasteiger partial charge in [0.15, 0.2) is 12.6 Å². The van der Waals surface area contributed by atoms with Crippen molar-refractivity contribution in [3.63, 3.8) is 0 Å². The summed E-state index contributed by atoms with van der Waals surface area (Å²) in [6.07, 6.45) is 31.7. The number of carbonyl (C=O) groups excluding carboxylic acids is 3. The lowest BCUT2D eigenvalue weighted by Crippen LogP contribution is -2.69. The van der Waals surface area contributed by atoms with Crippen molar-refractivity contribution in [2.45, 2.75) is 289 Å². The van der Waals surface area contributed by atoms with Gasteiger partial charge in [0.2, 0.25) is 0 Å². The number of rotatable bonds is 45. The van der Waals surface area contributed by atoms with Crippen LogP contribution in [0.3, 0.4) is 0 Å². The van der Waals surface area contributed by atoms with Gasteiger partial charge in [0.25, 0.3) is 0 Å². The lowest BCUT2D eigenvalue weighted by molar-refractivity contribution is -0.273. The number of nitrogens with zero attached hydrogens (tertiary/aromatic N) is 1. The normalized spacial score (nSPS) is 22.1. The molecule has 0 aromatic rings. The molecule has 4 bridgehead atoms. The van der Waals surface area contributed by atoms with Gasteiger partial charge >= 0.3 is 17.9 Å². The predicted molar refractivity (Wildman–Crippen MR) is 269 cm³/mol. The van der Waals surface area contributed by atoms with Gasteiger partial charge in [-0.25, -0.2) is 0 Å². The van der Waals surface area contributed by atoms with Crippen LogP contribution in [0.5, 0.6) is 0 Å². The lowest BCUT2D eigenvalue weighted by atomic mass is 9.50. The molecule has 0 amide bonds. The third-order valence-corrected chi connectivity index (χ3v) is 14.5. The summed E-state index contributed by atoms with van der Waals surface area (Å²) in [5.74, 6) is -0.815. The van der Waals surface area contributed by atoms with Gasteiger partial charge in [0.1, 0.15) is 16.8 Å². The number of unbranched alkanes of at least 4 members (excludes halogenated alkanes) is 20. The zero-order valence-electron chi connectivity index (χ0n) is 44.3. The molecule has 0 spiro atoms. The topological polar surface area (TPSA) is 119 Å². The van der Waals surface area contributed by atoms with Crippen LogP contribution in [0.15, 0.2) is 0 Å². The summed E-state index contributed by atoms with van der Waals surface area (Å²) >= 11 is 0. The first-order chi connectivity index (χ1) is 32.6. The molecule has 2 unspecified atom stereocenters. The van der Waals surface area contributed by atoms with Crippen molar-refractivity contribution in [2.75, 3.05) is 46.1 Å². The van der Waals surface area contributed by atoms with Gasteiger partial charge < -0.3 is 33.2 Å². The zero-order valence-corrected chi connectivity index (χ0v) is 44.3. The third kappa shape index (κ3) is 24.7. The Morgan fingerprint density at radius 1 is 0.418 bits per heavy atom. The Kier molecular flexibility index (Phi) is 31.4. The number of esters is 3. The van der Waals surface area contributed by atoms with Crippen LogP contribution in [0.25, 0.3) is 0 Å². The Morgan fingerprint density at radius 2 is 0.701 bits per heavy atom. The van der Waals surface area contributed by atoms with Crippen molar-refractivity contribution in [1.82, 2.24) is 4.90 Å². The van der Waals surface area contributed by atoms with Crippen LogP contribution in [-0.4, -0.2) is 98.3 Å². The monoisotopic (exact) mass is 950 g/mol.